The standard InChI is InChI=1S/C27H29N3O6/c1-33-19-10-8-17(9-11-19)25-20(27(32)29-23-7-5-6-14-28-23)12-13-24(31)30(25)18-15-21(34-2)26(36-4)22(16-18)35-3/h5-11,14-16,20,25H,12-13H2,1-4H3,(H,28,29,32)/t20-,25+/m1/s1. The molecule has 1 aliphatic heterocycles. The maximum Gasteiger partial charge on any atom is 0.231 e. The van der Waals surface area contributed by atoms with E-state index >= 15 is 0 Å². The fourth-order valence-corrected chi connectivity index (χ4v) is 4.52. The van der Waals surface area contributed by atoms with E-state index in [1.165, 1.54) is 21.3 Å². The fraction of sp³-hybridized carbons (Fsp3) is 0.296. The summed E-state index contributed by atoms with van der Waals surface area (Å²) in [5, 5.41) is 2.90. The molecule has 0 unspecified atom stereocenters. The average molecular weight is 492 g/mol. The lowest BCUT2D eigenvalue weighted by Crippen LogP contribution is -2.47. The highest BCUT2D eigenvalue weighted by molar-refractivity contribution is 6.00. The molecule has 9 heteroatoms. The molecule has 0 radical (unpaired) electrons. The van der Waals surface area contributed by atoms with Crippen LogP contribution in [0, 0.1) is 5.92 Å². The predicted molar refractivity (Wildman–Crippen MR) is 135 cm³/mol. The Morgan fingerprint density at radius 2 is 1.64 bits per heavy atom. The number of piperidine rings is 1. The zero-order valence-electron chi connectivity index (χ0n) is 20.7. The number of hydrogen-bond acceptors (Lipinski definition) is 7. The van der Waals surface area contributed by atoms with Crippen molar-refractivity contribution in [3.63, 3.8) is 0 Å². The number of amides is 2. The normalized spacial score (nSPS) is 17.3. The van der Waals surface area contributed by atoms with Crippen LogP contribution in [-0.4, -0.2) is 45.2 Å². The number of benzene rings is 2. The quantitative estimate of drug-likeness (QED) is 0.503. The van der Waals surface area contributed by atoms with E-state index in [-0.39, 0.29) is 18.2 Å². The molecule has 0 saturated carbocycles. The molecule has 2 aromatic carbocycles. The van der Waals surface area contributed by atoms with Crippen molar-refractivity contribution in [3.05, 3.63) is 66.4 Å². The zero-order chi connectivity index (χ0) is 25.7. The monoisotopic (exact) mass is 491 g/mol. The van der Waals surface area contributed by atoms with Gasteiger partial charge in [0.2, 0.25) is 17.6 Å². The maximum atomic E-state index is 13.5. The van der Waals surface area contributed by atoms with Gasteiger partial charge in [-0.2, -0.15) is 0 Å². The molecule has 1 fully saturated rings. The zero-order valence-corrected chi connectivity index (χ0v) is 20.7. The highest BCUT2D eigenvalue weighted by atomic mass is 16.5. The summed E-state index contributed by atoms with van der Waals surface area (Å²) in [4.78, 5) is 32.8. The van der Waals surface area contributed by atoms with E-state index in [1.54, 1.807) is 48.5 Å². The third kappa shape index (κ3) is 4.91. The number of nitrogens with one attached hydrogen (secondary N) is 1. The van der Waals surface area contributed by atoms with Crippen LogP contribution in [0.5, 0.6) is 23.0 Å². The average Bonchev–Trinajstić information content (AvgIpc) is 2.92. The number of anilines is 2. The Balaban J connectivity index is 1.82. The Hall–Kier alpha value is -4.27. The molecule has 2 amide bonds. The molecule has 1 saturated heterocycles. The summed E-state index contributed by atoms with van der Waals surface area (Å²) in [5.74, 6) is 1.48. The van der Waals surface area contributed by atoms with Crippen molar-refractivity contribution in [2.45, 2.75) is 18.9 Å². The van der Waals surface area contributed by atoms with E-state index in [1.807, 2.05) is 24.3 Å². The lowest BCUT2D eigenvalue weighted by Gasteiger charge is -2.41. The maximum absolute atomic E-state index is 13.5. The second-order valence-electron chi connectivity index (χ2n) is 8.21. The van der Waals surface area contributed by atoms with Crippen molar-refractivity contribution in [2.24, 2.45) is 5.92 Å². The minimum atomic E-state index is -0.594. The third-order valence-electron chi connectivity index (χ3n) is 6.24. The first-order valence-corrected chi connectivity index (χ1v) is 11.5. The molecule has 188 valence electrons. The van der Waals surface area contributed by atoms with Gasteiger partial charge in [-0.05, 0) is 36.2 Å². The van der Waals surface area contributed by atoms with Crippen LogP contribution in [0.15, 0.2) is 60.8 Å². The third-order valence-corrected chi connectivity index (χ3v) is 6.24. The van der Waals surface area contributed by atoms with E-state index in [0.717, 1.165) is 5.56 Å². The van der Waals surface area contributed by atoms with Crippen molar-refractivity contribution < 1.29 is 28.5 Å². The molecule has 0 spiro atoms. The summed E-state index contributed by atoms with van der Waals surface area (Å²) in [6.45, 7) is 0. The smallest absolute Gasteiger partial charge is 0.231 e. The van der Waals surface area contributed by atoms with Crippen LogP contribution in [0.1, 0.15) is 24.4 Å². The number of nitrogens with zero attached hydrogens (tertiary/aromatic N) is 2. The summed E-state index contributed by atoms with van der Waals surface area (Å²) in [7, 11) is 6.14. The van der Waals surface area contributed by atoms with Crippen molar-refractivity contribution in [3.8, 4) is 23.0 Å². The van der Waals surface area contributed by atoms with Gasteiger partial charge in [-0.25, -0.2) is 4.98 Å². The van der Waals surface area contributed by atoms with Gasteiger partial charge in [0.1, 0.15) is 11.6 Å². The van der Waals surface area contributed by atoms with E-state index in [2.05, 4.69) is 10.3 Å². The van der Waals surface area contributed by atoms with E-state index < -0.39 is 12.0 Å². The fourth-order valence-electron chi connectivity index (χ4n) is 4.52. The SMILES string of the molecule is COc1ccc([C@H]2[C@H](C(=O)Nc3ccccn3)CCC(=O)N2c2cc(OC)c(OC)c(OC)c2)cc1. The first-order valence-electron chi connectivity index (χ1n) is 11.5. The molecule has 1 aliphatic rings. The summed E-state index contributed by atoms with van der Waals surface area (Å²) >= 11 is 0. The van der Waals surface area contributed by atoms with Gasteiger partial charge in [-0.3, -0.25) is 9.59 Å². The number of ether oxygens (including phenoxy) is 4. The van der Waals surface area contributed by atoms with Gasteiger partial charge in [-0.1, -0.05) is 18.2 Å². The molecular formula is C27H29N3O6. The Kier molecular flexibility index (Phi) is 7.58. The number of aromatic nitrogens is 1. The van der Waals surface area contributed by atoms with Crippen LogP contribution in [0.25, 0.3) is 0 Å². The molecular weight excluding hydrogens is 462 g/mol. The lowest BCUT2D eigenvalue weighted by atomic mass is 9.83. The van der Waals surface area contributed by atoms with Crippen LogP contribution >= 0.6 is 0 Å². The number of carbonyl (C=O) groups is 2. The van der Waals surface area contributed by atoms with Gasteiger partial charge in [0, 0.05) is 24.8 Å². The minimum Gasteiger partial charge on any atom is -0.497 e. The molecule has 1 N–H and O–H groups in total. The van der Waals surface area contributed by atoms with Crippen LogP contribution < -0.4 is 29.2 Å². The van der Waals surface area contributed by atoms with Crippen LogP contribution in [0.3, 0.4) is 0 Å². The summed E-state index contributed by atoms with van der Waals surface area (Å²) in [5.41, 5.74) is 1.32. The molecule has 9 nitrogen and oxygen atoms in total. The van der Waals surface area contributed by atoms with Gasteiger partial charge in [-0.15, -0.1) is 0 Å². The molecule has 2 heterocycles. The molecule has 36 heavy (non-hydrogen) atoms. The van der Waals surface area contributed by atoms with E-state index in [4.69, 9.17) is 18.9 Å². The lowest BCUT2D eigenvalue weighted by molar-refractivity contribution is -0.125. The molecule has 0 bridgehead atoms. The van der Waals surface area contributed by atoms with E-state index in [9.17, 15) is 9.59 Å². The number of carbonyl (C=O) groups excluding carboxylic acids is 2. The number of methoxy groups -OCH3 is 4. The molecule has 1 aromatic heterocycles. The number of hydrogen-bond donors (Lipinski definition) is 1. The second kappa shape index (κ2) is 11.0. The highest BCUT2D eigenvalue weighted by Gasteiger charge is 2.42. The first-order chi connectivity index (χ1) is 17.5. The van der Waals surface area contributed by atoms with E-state index in [0.29, 0.717) is 40.9 Å². The minimum absolute atomic E-state index is 0.119. The van der Waals surface area contributed by atoms with Crippen molar-refractivity contribution in [1.29, 1.82) is 0 Å². The van der Waals surface area contributed by atoms with Crippen LogP contribution in [0.2, 0.25) is 0 Å². The van der Waals surface area contributed by atoms with Crippen molar-refractivity contribution in [1.82, 2.24) is 4.98 Å². The van der Waals surface area contributed by atoms with Gasteiger partial charge >= 0.3 is 0 Å². The summed E-state index contributed by atoms with van der Waals surface area (Å²) < 4.78 is 21.8. The number of rotatable bonds is 8. The van der Waals surface area contributed by atoms with Gasteiger partial charge in [0.15, 0.2) is 11.5 Å². The van der Waals surface area contributed by atoms with Crippen LogP contribution in [0.4, 0.5) is 11.5 Å². The number of pyridine rings is 1. The highest BCUT2D eigenvalue weighted by Crippen LogP contribution is 2.46. The second-order valence-corrected chi connectivity index (χ2v) is 8.21. The topological polar surface area (TPSA) is 99.2 Å². The molecule has 2 atom stereocenters. The summed E-state index contributed by atoms with van der Waals surface area (Å²) in [6.07, 6.45) is 2.20. The Bertz CT molecular complexity index is 1190. The molecule has 0 aliphatic carbocycles. The van der Waals surface area contributed by atoms with Gasteiger partial charge in [0.25, 0.3) is 0 Å². The Morgan fingerprint density at radius 1 is 0.944 bits per heavy atom. The van der Waals surface area contributed by atoms with Gasteiger partial charge < -0.3 is 29.2 Å². The van der Waals surface area contributed by atoms with Crippen molar-refractivity contribution in [2.75, 3.05) is 38.7 Å². The van der Waals surface area contributed by atoms with Crippen molar-refractivity contribution >= 4 is 23.3 Å². The largest absolute Gasteiger partial charge is 0.497 e. The predicted octanol–water partition coefficient (Wildman–Crippen LogP) is 4.24. The Morgan fingerprint density at radius 3 is 2.19 bits per heavy atom. The van der Waals surface area contributed by atoms with Gasteiger partial charge in [0.05, 0.1) is 46.1 Å². The Labute approximate surface area is 209 Å². The van der Waals surface area contributed by atoms with Crippen LogP contribution in [-0.2, 0) is 9.59 Å². The molecule has 3 aromatic rings. The summed E-state index contributed by atoms with van der Waals surface area (Å²) in [6, 6.07) is 15.5. The molecule has 4 rings (SSSR count). The first kappa shape index (κ1) is 24.8.